The second-order valence-electron chi connectivity index (χ2n) is 6.83. The zero-order chi connectivity index (χ0) is 19.9. The molecule has 0 unspecified atom stereocenters. The number of nitriles is 1. The predicted molar refractivity (Wildman–Crippen MR) is 107 cm³/mol. The van der Waals surface area contributed by atoms with E-state index in [0.29, 0.717) is 42.2 Å². The van der Waals surface area contributed by atoms with Gasteiger partial charge >= 0.3 is 0 Å². The quantitative estimate of drug-likeness (QED) is 0.745. The SMILES string of the molecule is CCN(CC)C(=O)c1ccc(NCC(=O)NC2(C#N)CCCCC2)cc1Cl. The van der Waals surface area contributed by atoms with Gasteiger partial charge in [-0.05, 0) is 44.9 Å². The Bertz CT molecular complexity index is 719. The molecule has 2 N–H and O–H groups in total. The van der Waals surface area contributed by atoms with Crippen LogP contribution in [0, 0.1) is 11.3 Å². The maximum absolute atomic E-state index is 12.4. The number of halogens is 1. The summed E-state index contributed by atoms with van der Waals surface area (Å²) in [6.07, 6.45) is 4.42. The molecule has 2 amide bonds. The number of amides is 2. The van der Waals surface area contributed by atoms with Crippen LogP contribution < -0.4 is 10.6 Å². The summed E-state index contributed by atoms with van der Waals surface area (Å²) in [7, 11) is 0. The Morgan fingerprint density at radius 2 is 1.89 bits per heavy atom. The van der Waals surface area contributed by atoms with E-state index in [1.807, 2.05) is 13.8 Å². The van der Waals surface area contributed by atoms with Crippen molar-refractivity contribution >= 4 is 29.1 Å². The third-order valence-electron chi connectivity index (χ3n) is 5.00. The number of carbonyl (C=O) groups is 2. The topological polar surface area (TPSA) is 85.2 Å². The molecule has 0 spiro atoms. The zero-order valence-corrected chi connectivity index (χ0v) is 16.7. The fourth-order valence-electron chi connectivity index (χ4n) is 3.39. The van der Waals surface area contributed by atoms with Crippen molar-refractivity contribution < 1.29 is 9.59 Å². The van der Waals surface area contributed by atoms with Crippen LogP contribution in [0.15, 0.2) is 18.2 Å². The minimum absolute atomic E-state index is 0.0447. The van der Waals surface area contributed by atoms with Gasteiger partial charge in [-0.2, -0.15) is 5.26 Å². The van der Waals surface area contributed by atoms with E-state index in [9.17, 15) is 14.9 Å². The molecule has 2 rings (SSSR count). The number of nitrogens with one attached hydrogen (secondary N) is 2. The van der Waals surface area contributed by atoms with Gasteiger partial charge in [-0.3, -0.25) is 9.59 Å². The van der Waals surface area contributed by atoms with Crippen molar-refractivity contribution in [3.05, 3.63) is 28.8 Å². The molecule has 1 fully saturated rings. The van der Waals surface area contributed by atoms with Gasteiger partial charge in [0.1, 0.15) is 5.54 Å². The lowest BCUT2D eigenvalue weighted by Crippen LogP contribution is -2.50. The predicted octanol–water partition coefficient (Wildman–Crippen LogP) is 3.58. The number of nitrogens with zero attached hydrogens (tertiary/aromatic N) is 2. The van der Waals surface area contributed by atoms with Gasteiger partial charge in [0.25, 0.3) is 5.91 Å². The molecular formula is C20H27ClN4O2. The van der Waals surface area contributed by atoms with E-state index in [1.54, 1.807) is 23.1 Å². The minimum atomic E-state index is -0.741. The lowest BCUT2D eigenvalue weighted by Gasteiger charge is -2.31. The van der Waals surface area contributed by atoms with Crippen molar-refractivity contribution in [3.8, 4) is 6.07 Å². The summed E-state index contributed by atoms with van der Waals surface area (Å²) in [6.45, 7) is 5.12. The highest BCUT2D eigenvalue weighted by Gasteiger charge is 2.33. The maximum Gasteiger partial charge on any atom is 0.255 e. The van der Waals surface area contributed by atoms with E-state index >= 15 is 0 Å². The summed E-state index contributed by atoms with van der Waals surface area (Å²) in [5, 5.41) is 15.7. The van der Waals surface area contributed by atoms with Crippen molar-refractivity contribution in [1.82, 2.24) is 10.2 Å². The van der Waals surface area contributed by atoms with Crippen molar-refractivity contribution in [2.24, 2.45) is 0 Å². The van der Waals surface area contributed by atoms with Gasteiger partial charge < -0.3 is 15.5 Å². The van der Waals surface area contributed by atoms with Crippen LogP contribution >= 0.6 is 11.6 Å². The Labute approximate surface area is 165 Å². The van der Waals surface area contributed by atoms with Gasteiger partial charge in [-0.15, -0.1) is 0 Å². The molecule has 1 aliphatic rings. The zero-order valence-electron chi connectivity index (χ0n) is 16.0. The Morgan fingerprint density at radius 3 is 2.44 bits per heavy atom. The molecule has 1 aromatic rings. The monoisotopic (exact) mass is 390 g/mol. The van der Waals surface area contributed by atoms with Crippen LogP contribution in [0.1, 0.15) is 56.3 Å². The van der Waals surface area contributed by atoms with Crippen molar-refractivity contribution in [3.63, 3.8) is 0 Å². The van der Waals surface area contributed by atoms with Crippen LogP contribution in [-0.4, -0.2) is 41.9 Å². The van der Waals surface area contributed by atoms with Crippen LogP contribution in [0.5, 0.6) is 0 Å². The van der Waals surface area contributed by atoms with Crippen molar-refractivity contribution in [2.45, 2.75) is 51.5 Å². The number of anilines is 1. The highest BCUT2D eigenvalue weighted by Crippen LogP contribution is 2.27. The first-order chi connectivity index (χ1) is 12.9. The Hall–Kier alpha value is -2.26. The van der Waals surface area contributed by atoms with Crippen LogP contribution in [-0.2, 0) is 4.79 Å². The normalized spacial score (nSPS) is 15.5. The summed E-state index contributed by atoms with van der Waals surface area (Å²) < 4.78 is 0. The molecule has 1 aromatic carbocycles. The summed E-state index contributed by atoms with van der Waals surface area (Å²) in [6, 6.07) is 7.32. The smallest absolute Gasteiger partial charge is 0.255 e. The third kappa shape index (κ3) is 5.36. The average molecular weight is 391 g/mol. The molecule has 6 nitrogen and oxygen atoms in total. The Balaban J connectivity index is 1.96. The highest BCUT2D eigenvalue weighted by molar-refractivity contribution is 6.34. The lowest BCUT2D eigenvalue weighted by molar-refractivity contribution is -0.121. The Kier molecular flexibility index (Phi) is 7.49. The van der Waals surface area contributed by atoms with Crippen molar-refractivity contribution in [2.75, 3.05) is 25.0 Å². The van der Waals surface area contributed by atoms with Crippen LogP contribution in [0.3, 0.4) is 0 Å². The van der Waals surface area contributed by atoms with Gasteiger partial charge in [0, 0.05) is 18.8 Å². The van der Waals surface area contributed by atoms with Gasteiger partial charge in [-0.1, -0.05) is 30.9 Å². The first-order valence-corrected chi connectivity index (χ1v) is 9.87. The number of hydrogen-bond donors (Lipinski definition) is 2. The molecule has 0 heterocycles. The fourth-order valence-corrected chi connectivity index (χ4v) is 3.65. The van der Waals surface area contributed by atoms with E-state index < -0.39 is 5.54 Å². The third-order valence-corrected chi connectivity index (χ3v) is 5.32. The van der Waals surface area contributed by atoms with Crippen LogP contribution in [0.25, 0.3) is 0 Å². The summed E-state index contributed by atoms with van der Waals surface area (Å²) in [5.41, 5.74) is 0.358. The molecule has 1 aliphatic carbocycles. The Morgan fingerprint density at radius 1 is 1.22 bits per heavy atom. The van der Waals surface area contributed by atoms with Crippen LogP contribution in [0.4, 0.5) is 5.69 Å². The number of benzene rings is 1. The van der Waals surface area contributed by atoms with Crippen LogP contribution in [0.2, 0.25) is 5.02 Å². The largest absolute Gasteiger partial charge is 0.376 e. The number of rotatable bonds is 7. The first-order valence-electron chi connectivity index (χ1n) is 9.49. The second kappa shape index (κ2) is 9.61. The molecule has 0 radical (unpaired) electrons. The average Bonchev–Trinajstić information content (AvgIpc) is 2.68. The first kappa shape index (κ1) is 21.0. The number of hydrogen-bond acceptors (Lipinski definition) is 4. The van der Waals surface area contributed by atoms with E-state index in [4.69, 9.17) is 11.6 Å². The molecule has 0 saturated heterocycles. The second-order valence-corrected chi connectivity index (χ2v) is 7.24. The summed E-state index contributed by atoms with van der Waals surface area (Å²) in [5.74, 6) is -0.333. The molecule has 27 heavy (non-hydrogen) atoms. The molecule has 1 saturated carbocycles. The molecule has 146 valence electrons. The van der Waals surface area contributed by atoms with Gasteiger partial charge in [0.05, 0.1) is 23.2 Å². The van der Waals surface area contributed by atoms with Gasteiger partial charge in [-0.25, -0.2) is 0 Å². The van der Waals surface area contributed by atoms with Crippen molar-refractivity contribution in [1.29, 1.82) is 5.26 Å². The minimum Gasteiger partial charge on any atom is -0.376 e. The molecule has 0 aliphatic heterocycles. The van der Waals surface area contributed by atoms with E-state index in [2.05, 4.69) is 16.7 Å². The summed E-state index contributed by atoms with van der Waals surface area (Å²) in [4.78, 5) is 26.4. The maximum atomic E-state index is 12.4. The fraction of sp³-hybridized carbons (Fsp3) is 0.550. The standard InChI is InChI=1S/C20H27ClN4O2/c1-3-25(4-2)19(27)16-9-8-15(12-17(16)21)23-13-18(26)24-20(14-22)10-6-5-7-11-20/h8-9,12,23H,3-7,10-11,13H2,1-2H3,(H,24,26). The molecule has 0 aromatic heterocycles. The molecular weight excluding hydrogens is 364 g/mol. The van der Waals surface area contributed by atoms with E-state index in [1.165, 1.54) is 0 Å². The highest BCUT2D eigenvalue weighted by atomic mass is 35.5. The van der Waals surface area contributed by atoms with E-state index in [-0.39, 0.29) is 18.4 Å². The number of carbonyl (C=O) groups excluding carboxylic acids is 2. The summed E-state index contributed by atoms with van der Waals surface area (Å²) >= 11 is 6.27. The van der Waals surface area contributed by atoms with E-state index in [0.717, 1.165) is 19.3 Å². The molecule has 0 bridgehead atoms. The van der Waals surface area contributed by atoms with Gasteiger partial charge in [0.2, 0.25) is 5.91 Å². The lowest BCUT2D eigenvalue weighted by atomic mass is 9.83. The van der Waals surface area contributed by atoms with Gasteiger partial charge in [0.15, 0.2) is 0 Å². The molecule has 7 heteroatoms. The molecule has 0 atom stereocenters.